The number of nitrogens with zero attached hydrogens (tertiary/aromatic N) is 2. The number of nitrogens with two attached hydrogens (primary N) is 1. The zero-order valence-electron chi connectivity index (χ0n) is 19.8. The standard InChI is InChI=1S/C28H21ClFN3O3S.ClH/c29-20-9-8-19(22(12-20)18-2-1-3-21(30)11-18)13-36-27-26-25(32-15-33-27)23(14-37-26)17-6-4-16(5-7-17)10-24(31)28(34)35;/h1-9,11-12,14-15,24H,10,13,31H2,(H,34,35);1H. The van der Waals surface area contributed by atoms with Gasteiger partial charge in [0, 0.05) is 16.0 Å². The predicted octanol–water partition coefficient (Wildman–Crippen LogP) is 6.77. The van der Waals surface area contributed by atoms with Gasteiger partial charge in [0.1, 0.15) is 29.5 Å². The van der Waals surface area contributed by atoms with Crippen LogP contribution in [0.25, 0.3) is 32.5 Å². The molecule has 0 saturated heterocycles. The Morgan fingerprint density at radius 2 is 1.84 bits per heavy atom. The van der Waals surface area contributed by atoms with Gasteiger partial charge >= 0.3 is 5.97 Å². The Morgan fingerprint density at radius 3 is 2.58 bits per heavy atom. The lowest BCUT2D eigenvalue weighted by molar-refractivity contribution is -0.138. The van der Waals surface area contributed by atoms with Crippen LogP contribution in [0.1, 0.15) is 11.1 Å². The van der Waals surface area contributed by atoms with E-state index in [0.717, 1.165) is 38.0 Å². The zero-order chi connectivity index (χ0) is 25.9. The number of carboxylic acids is 1. The number of carbonyl (C=O) groups is 1. The number of carboxylic acid groups (broad SMARTS) is 1. The lowest BCUT2D eigenvalue weighted by atomic mass is 10.00. The molecule has 0 fully saturated rings. The maximum absolute atomic E-state index is 13.9. The lowest BCUT2D eigenvalue weighted by Crippen LogP contribution is -2.32. The van der Waals surface area contributed by atoms with Crippen molar-refractivity contribution >= 4 is 51.5 Å². The third kappa shape index (κ3) is 5.95. The molecule has 0 saturated carbocycles. The Morgan fingerprint density at radius 1 is 1.05 bits per heavy atom. The van der Waals surface area contributed by atoms with Gasteiger partial charge in [-0.05, 0) is 58.5 Å². The number of hydrogen-bond donors (Lipinski definition) is 2. The molecule has 0 radical (unpaired) electrons. The van der Waals surface area contributed by atoms with E-state index < -0.39 is 12.0 Å². The Bertz CT molecular complexity index is 1590. The molecular weight excluding hydrogens is 548 g/mol. The normalized spacial score (nSPS) is 11.7. The fraction of sp³-hybridized carbons (Fsp3) is 0.107. The summed E-state index contributed by atoms with van der Waals surface area (Å²) < 4.78 is 20.8. The van der Waals surface area contributed by atoms with Gasteiger partial charge in [-0.15, -0.1) is 23.7 Å². The Balaban J connectivity index is 0.00000336. The van der Waals surface area contributed by atoms with Crippen molar-refractivity contribution in [1.82, 2.24) is 9.97 Å². The van der Waals surface area contributed by atoms with Gasteiger partial charge in [-0.2, -0.15) is 0 Å². The molecule has 0 bridgehead atoms. The minimum Gasteiger partial charge on any atom is -0.480 e. The molecule has 0 aliphatic rings. The molecule has 5 aromatic rings. The first kappa shape index (κ1) is 27.5. The van der Waals surface area contributed by atoms with Gasteiger partial charge in [0.05, 0.1) is 5.52 Å². The number of thiophene rings is 1. The second kappa shape index (κ2) is 11.9. The van der Waals surface area contributed by atoms with Crippen LogP contribution in [0.3, 0.4) is 0 Å². The number of rotatable bonds is 8. The number of aromatic nitrogens is 2. The maximum Gasteiger partial charge on any atom is 0.320 e. The zero-order valence-corrected chi connectivity index (χ0v) is 22.2. The Kier molecular flexibility index (Phi) is 8.58. The number of fused-ring (bicyclic) bond motifs is 1. The van der Waals surface area contributed by atoms with Gasteiger partial charge in [0.25, 0.3) is 0 Å². The molecule has 3 N–H and O–H groups in total. The van der Waals surface area contributed by atoms with Crippen molar-refractivity contribution in [3.63, 3.8) is 0 Å². The number of ether oxygens (including phenoxy) is 1. The summed E-state index contributed by atoms with van der Waals surface area (Å²) in [5.41, 5.74) is 11.4. The van der Waals surface area contributed by atoms with Crippen molar-refractivity contribution in [1.29, 1.82) is 0 Å². The predicted molar refractivity (Wildman–Crippen MR) is 151 cm³/mol. The minimum atomic E-state index is -1.03. The van der Waals surface area contributed by atoms with Crippen LogP contribution < -0.4 is 10.5 Å². The third-order valence-electron chi connectivity index (χ3n) is 5.93. The van der Waals surface area contributed by atoms with Gasteiger partial charge in [-0.1, -0.05) is 54.1 Å². The summed E-state index contributed by atoms with van der Waals surface area (Å²) in [6, 6.07) is 18.4. The molecule has 38 heavy (non-hydrogen) atoms. The Labute approximate surface area is 233 Å². The largest absolute Gasteiger partial charge is 0.480 e. The van der Waals surface area contributed by atoms with Crippen LogP contribution in [0, 0.1) is 5.82 Å². The second-order valence-electron chi connectivity index (χ2n) is 8.45. The van der Waals surface area contributed by atoms with E-state index in [1.807, 2.05) is 41.8 Å². The summed E-state index contributed by atoms with van der Waals surface area (Å²) in [4.78, 5) is 19.9. The smallest absolute Gasteiger partial charge is 0.320 e. The summed E-state index contributed by atoms with van der Waals surface area (Å²) in [5.74, 6) is -0.907. The van der Waals surface area contributed by atoms with E-state index in [9.17, 15) is 9.18 Å². The summed E-state index contributed by atoms with van der Waals surface area (Å²) in [7, 11) is 0. The van der Waals surface area contributed by atoms with Crippen LogP contribution in [0.4, 0.5) is 4.39 Å². The first-order valence-corrected chi connectivity index (χ1v) is 12.6. The highest BCUT2D eigenvalue weighted by atomic mass is 35.5. The molecule has 1 unspecified atom stereocenters. The van der Waals surface area contributed by atoms with Crippen molar-refractivity contribution in [3.05, 3.63) is 100 Å². The minimum absolute atomic E-state index is 0. The number of aliphatic carboxylic acids is 1. The summed E-state index contributed by atoms with van der Waals surface area (Å²) in [6.45, 7) is 0.209. The highest BCUT2D eigenvalue weighted by Crippen LogP contribution is 2.37. The number of halogens is 3. The van der Waals surface area contributed by atoms with Crippen molar-refractivity contribution in [2.45, 2.75) is 19.1 Å². The number of benzene rings is 3. The van der Waals surface area contributed by atoms with Gasteiger partial charge in [-0.25, -0.2) is 14.4 Å². The quantitative estimate of drug-likeness (QED) is 0.214. The molecule has 2 heterocycles. The average molecular weight is 570 g/mol. The van der Waals surface area contributed by atoms with Gasteiger partial charge < -0.3 is 15.6 Å². The molecule has 2 aromatic heterocycles. The lowest BCUT2D eigenvalue weighted by Gasteiger charge is -2.12. The van der Waals surface area contributed by atoms with E-state index >= 15 is 0 Å². The molecule has 3 aromatic carbocycles. The van der Waals surface area contributed by atoms with E-state index in [-0.39, 0.29) is 31.3 Å². The van der Waals surface area contributed by atoms with E-state index in [1.165, 1.54) is 29.8 Å². The topological polar surface area (TPSA) is 98.3 Å². The van der Waals surface area contributed by atoms with E-state index in [1.54, 1.807) is 18.2 Å². The van der Waals surface area contributed by atoms with Gasteiger partial charge in [0.15, 0.2) is 0 Å². The summed E-state index contributed by atoms with van der Waals surface area (Å²) in [6.07, 6.45) is 1.71. The fourth-order valence-electron chi connectivity index (χ4n) is 4.04. The molecule has 0 spiro atoms. The monoisotopic (exact) mass is 569 g/mol. The molecule has 0 amide bonds. The number of hydrogen-bond acceptors (Lipinski definition) is 6. The van der Waals surface area contributed by atoms with Crippen LogP contribution in [0.5, 0.6) is 5.88 Å². The second-order valence-corrected chi connectivity index (χ2v) is 9.77. The summed E-state index contributed by atoms with van der Waals surface area (Å²) in [5, 5.41) is 11.6. The van der Waals surface area contributed by atoms with Crippen LogP contribution in [0.15, 0.2) is 78.4 Å². The van der Waals surface area contributed by atoms with Crippen LogP contribution in [-0.4, -0.2) is 27.1 Å². The molecule has 6 nitrogen and oxygen atoms in total. The SMILES string of the molecule is Cl.NC(Cc1ccc(-c2csc3c(OCc4ccc(Cl)cc4-c4cccc(F)c4)ncnc23)cc1)C(=O)O. The molecule has 0 aliphatic carbocycles. The molecule has 0 aliphatic heterocycles. The van der Waals surface area contributed by atoms with Crippen molar-refractivity contribution in [3.8, 4) is 28.1 Å². The highest BCUT2D eigenvalue weighted by Gasteiger charge is 2.16. The van der Waals surface area contributed by atoms with Crippen molar-refractivity contribution in [2.75, 3.05) is 0 Å². The van der Waals surface area contributed by atoms with Gasteiger partial charge in [-0.3, -0.25) is 4.79 Å². The van der Waals surface area contributed by atoms with Crippen LogP contribution in [-0.2, 0) is 17.8 Å². The van der Waals surface area contributed by atoms with Crippen LogP contribution >= 0.6 is 35.3 Å². The molecule has 5 rings (SSSR count). The van der Waals surface area contributed by atoms with Crippen molar-refractivity contribution in [2.24, 2.45) is 5.73 Å². The molecule has 194 valence electrons. The highest BCUT2D eigenvalue weighted by molar-refractivity contribution is 7.18. The maximum atomic E-state index is 13.9. The first-order chi connectivity index (χ1) is 17.9. The van der Waals surface area contributed by atoms with E-state index in [4.69, 9.17) is 27.2 Å². The van der Waals surface area contributed by atoms with E-state index in [0.29, 0.717) is 16.5 Å². The molecule has 10 heteroatoms. The van der Waals surface area contributed by atoms with Crippen molar-refractivity contribution < 1.29 is 19.0 Å². The van der Waals surface area contributed by atoms with Crippen LogP contribution in [0.2, 0.25) is 5.02 Å². The molecular formula is C28H22Cl2FN3O3S. The third-order valence-corrected chi connectivity index (χ3v) is 7.12. The Hall–Kier alpha value is -3.56. The molecule has 1 atom stereocenters. The van der Waals surface area contributed by atoms with E-state index in [2.05, 4.69) is 9.97 Å². The fourth-order valence-corrected chi connectivity index (χ4v) is 5.19. The average Bonchev–Trinajstić information content (AvgIpc) is 3.33. The van der Waals surface area contributed by atoms with Gasteiger partial charge in [0.2, 0.25) is 5.88 Å². The first-order valence-electron chi connectivity index (χ1n) is 11.4. The summed E-state index contributed by atoms with van der Waals surface area (Å²) >= 11 is 7.70.